The zero-order chi connectivity index (χ0) is 17.7. The molecule has 2 aromatic carbocycles. The largest absolute Gasteiger partial charge is 0.514 e. The zero-order valence-corrected chi connectivity index (χ0v) is 16.2. The number of para-hydroxylation sites is 1. The van der Waals surface area contributed by atoms with Gasteiger partial charge >= 0.3 is 6.16 Å². The lowest BCUT2D eigenvalue weighted by molar-refractivity contribution is 0.0924. The van der Waals surface area contributed by atoms with Crippen LogP contribution in [0.4, 0.5) is 4.79 Å². The topological polar surface area (TPSA) is 35.5 Å². The van der Waals surface area contributed by atoms with Crippen molar-refractivity contribution in [3.63, 3.8) is 0 Å². The summed E-state index contributed by atoms with van der Waals surface area (Å²) in [4.78, 5) is 11.9. The van der Waals surface area contributed by atoms with E-state index in [2.05, 4.69) is 45.6 Å². The number of carbonyl (C=O) groups excluding carboxylic acids is 1. The lowest BCUT2D eigenvalue weighted by atomic mass is 10.0. The number of hydrogen-bond acceptors (Lipinski definition) is 3. The van der Waals surface area contributed by atoms with Crippen molar-refractivity contribution in [3.8, 4) is 5.75 Å². The summed E-state index contributed by atoms with van der Waals surface area (Å²) in [6, 6.07) is 14.4. The third-order valence-electron chi connectivity index (χ3n) is 3.71. The minimum absolute atomic E-state index is 0.248. The van der Waals surface area contributed by atoms with E-state index in [1.54, 1.807) is 12.1 Å². The Morgan fingerprint density at radius 1 is 1.04 bits per heavy atom. The second kappa shape index (κ2) is 7.66. The molecule has 0 aliphatic heterocycles. The van der Waals surface area contributed by atoms with Crippen LogP contribution < -0.4 is 4.74 Å². The minimum Gasteiger partial charge on any atom is -0.429 e. The lowest BCUT2D eigenvalue weighted by Gasteiger charge is -2.20. The maximum Gasteiger partial charge on any atom is 0.514 e. The predicted octanol–water partition coefficient (Wildman–Crippen LogP) is 5.44. The van der Waals surface area contributed by atoms with Gasteiger partial charge < -0.3 is 9.47 Å². The van der Waals surface area contributed by atoms with E-state index in [0.717, 1.165) is 17.2 Å². The Morgan fingerprint density at radius 2 is 1.71 bits per heavy atom. The van der Waals surface area contributed by atoms with Gasteiger partial charge in [-0.3, -0.25) is 0 Å². The second-order valence-electron chi connectivity index (χ2n) is 7.41. The van der Waals surface area contributed by atoms with Gasteiger partial charge in [0.15, 0.2) is 0 Å². The van der Waals surface area contributed by atoms with Crippen LogP contribution >= 0.6 is 0 Å². The third kappa shape index (κ3) is 5.53. The summed E-state index contributed by atoms with van der Waals surface area (Å²) in [5, 5.41) is 0. The third-order valence-corrected chi connectivity index (χ3v) is 5.15. The van der Waals surface area contributed by atoms with Gasteiger partial charge in [0.1, 0.15) is 12.4 Å². The molecule has 0 aromatic heterocycles. The molecular formula is C20H26O3Si. The van der Waals surface area contributed by atoms with E-state index in [0.29, 0.717) is 5.75 Å². The molecule has 2 aromatic rings. The first-order valence-electron chi connectivity index (χ1n) is 8.23. The number of carbonyl (C=O) groups is 1. The van der Waals surface area contributed by atoms with Crippen LogP contribution in [0.1, 0.15) is 22.3 Å². The van der Waals surface area contributed by atoms with Crippen LogP contribution in [0.5, 0.6) is 5.75 Å². The van der Waals surface area contributed by atoms with E-state index in [4.69, 9.17) is 9.47 Å². The van der Waals surface area contributed by atoms with Gasteiger partial charge in [0.2, 0.25) is 0 Å². The van der Waals surface area contributed by atoms with Crippen molar-refractivity contribution in [2.45, 2.75) is 46.1 Å². The highest BCUT2D eigenvalue weighted by atomic mass is 28.3. The normalized spacial score (nSPS) is 11.2. The van der Waals surface area contributed by atoms with Crippen molar-refractivity contribution in [3.05, 3.63) is 64.7 Å². The number of ether oxygens (including phenoxy) is 2. The number of hydrogen-bond donors (Lipinski definition) is 0. The van der Waals surface area contributed by atoms with Crippen molar-refractivity contribution in [1.29, 1.82) is 0 Å². The Labute approximate surface area is 145 Å². The average Bonchev–Trinajstić information content (AvgIpc) is 2.45. The standard InChI is InChI=1S/C20H26O3Si/c1-15-11-16(2)19(17(12-15)14-24(3,4)5)13-22-20(21)23-18-9-7-6-8-10-18/h6-12H,13-14H2,1-5H3. The Balaban J connectivity index is 2.09. The molecule has 0 bridgehead atoms. The fraction of sp³-hybridized carbons (Fsp3) is 0.350. The fourth-order valence-corrected chi connectivity index (χ4v) is 4.22. The molecule has 24 heavy (non-hydrogen) atoms. The van der Waals surface area contributed by atoms with Crippen LogP contribution in [0.25, 0.3) is 0 Å². The highest BCUT2D eigenvalue weighted by molar-refractivity contribution is 6.75. The van der Waals surface area contributed by atoms with Gasteiger partial charge in [0.05, 0.1) is 0 Å². The Bertz CT molecular complexity index is 703. The van der Waals surface area contributed by atoms with Crippen LogP contribution in [0, 0.1) is 13.8 Å². The number of benzene rings is 2. The zero-order valence-electron chi connectivity index (χ0n) is 15.2. The molecule has 3 nitrogen and oxygen atoms in total. The van der Waals surface area contributed by atoms with E-state index in [1.165, 1.54) is 11.1 Å². The smallest absolute Gasteiger partial charge is 0.429 e. The molecular weight excluding hydrogens is 316 g/mol. The second-order valence-corrected chi connectivity index (χ2v) is 12.9. The first-order chi connectivity index (χ1) is 11.2. The van der Waals surface area contributed by atoms with Gasteiger partial charge in [-0.1, -0.05) is 55.5 Å². The van der Waals surface area contributed by atoms with Gasteiger partial charge in [-0.25, -0.2) is 4.79 Å². The van der Waals surface area contributed by atoms with Gasteiger partial charge in [0, 0.05) is 8.07 Å². The Morgan fingerprint density at radius 3 is 2.33 bits per heavy atom. The van der Waals surface area contributed by atoms with E-state index < -0.39 is 14.2 Å². The van der Waals surface area contributed by atoms with Crippen molar-refractivity contribution >= 4 is 14.2 Å². The van der Waals surface area contributed by atoms with Gasteiger partial charge in [-0.05, 0) is 48.7 Å². The highest BCUT2D eigenvalue weighted by Gasteiger charge is 2.19. The molecule has 0 unspecified atom stereocenters. The van der Waals surface area contributed by atoms with E-state index >= 15 is 0 Å². The maximum absolute atomic E-state index is 11.9. The first-order valence-corrected chi connectivity index (χ1v) is 11.9. The molecule has 0 atom stereocenters. The van der Waals surface area contributed by atoms with Crippen molar-refractivity contribution < 1.29 is 14.3 Å². The molecule has 2 rings (SSSR count). The molecule has 0 saturated heterocycles. The molecule has 4 heteroatoms. The quantitative estimate of drug-likeness (QED) is 0.412. The first kappa shape index (κ1) is 18.3. The van der Waals surface area contributed by atoms with Gasteiger partial charge in [0.25, 0.3) is 0 Å². The molecule has 0 spiro atoms. The minimum atomic E-state index is -1.26. The van der Waals surface area contributed by atoms with E-state index in [9.17, 15) is 4.79 Å². The summed E-state index contributed by atoms with van der Waals surface area (Å²) in [7, 11) is -1.26. The summed E-state index contributed by atoms with van der Waals surface area (Å²) in [5.41, 5.74) is 4.80. The van der Waals surface area contributed by atoms with E-state index in [1.807, 2.05) is 18.2 Å². The van der Waals surface area contributed by atoms with Gasteiger partial charge in [-0.15, -0.1) is 0 Å². The van der Waals surface area contributed by atoms with Crippen molar-refractivity contribution in [2.24, 2.45) is 0 Å². The monoisotopic (exact) mass is 342 g/mol. The fourth-order valence-electron chi connectivity index (χ4n) is 2.77. The van der Waals surface area contributed by atoms with Crippen LogP contribution in [0.3, 0.4) is 0 Å². The molecule has 0 fully saturated rings. The molecule has 0 amide bonds. The molecule has 0 aliphatic rings. The molecule has 0 saturated carbocycles. The van der Waals surface area contributed by atoms with Crippen LogP contribution in [0.2, 0.25) is 19.6 Å². The molecule has 0 aliphatic carbocycles. The number of rotatable bonds is 5. The summed E-state index contributed by atoms with van der Waals surface area (Å²) in [5.74, 6) is 0.491. The van der Waals surface area contributed by atoms with Crippen molar-refractivity contribution in [2.75, 3.05) is 0 Å². The SMILES string of the molecule is Cc1cc(C)c(COC(=O)Oc2ccccc2)c(C[Si](C)(C)C)c1. The Kier molecular flexibility index (Phi) is 5.83. The number of aryl methyl sites for hydroxylation is 2. The molecule has 0 N–H and O–H groups in total. The van der Waals surface area contributed by atoms with Gasteiger partial charge in [-0.2, -0.15) is 0 Å². The molecule has 0 heterocycles. The lowest BCUT2D eigenvalue weighted by Crippen LogP contribution is -2.25. The van der Waals surface area contributed by atoms with Crippen LogP contribution in [-0.4, -0.2) is 14.2 Å². The summed E-state index contributed by atoms with van der Waals surface area (Å²) in [6.07, 6.45) is -0.667. The summed E-state index contributed by atoms with van der Waals surface area (Å²) in [6.45, 7) is 11.5. The van der Waals surface area contributed by atoms with E-state index in [-0.39, 0.29) is 6.61 Å². The summed E-state index contributed by atoms with van der Waals surface area (Å²) < 4.78 is 10.6. The molecule has 0 radical (unpaired) electrons. The highest BCUT2D eigenvalue weighted by Crippen LogP contribution is 2.23. The molecule has 128 valence electrons. The predicted molar refractivity (Wildman–Crippen MR) is 100 cm³/mol. The van der Waals surface area contributed by atoms with Crippen LogP contribution in [-0.2, 0) is 17.4 Å². The average molecular weight is 343 g/mol. The Hall–Kier alpha value is -2.07. The van der Waals surface area contributed by atoms with Crippen LogP contribution in [0.15, 0.2) is 42.5 Å². The summed E-state index contributed by atoms with van der Waals surface area (Å²) >= 11 is 0. The van der Waals surface area contributed by atoms with Crippen molar-refractivity contribution in [1.82, 2.24) is 0 Å². The maximum atomic E-state index is 11.9.